The minimum Gasteiger partial charge on any atom is -0.252 e. The standard InChI is InChI=1S/C15H15BrClN/c1-9-7-10(16)8-12-14(17)11-5-3-2-4-6-13(11)18-15(9)12/h7-8H,2-6H2,1H3. The van der Waals surface area contributed by atoms with E-state index in [2.05, 4.69) is 35.0 Å². The van der Waals surface area contributed by atoms with Crippen molar-refractivity contribution in [2.75, 3.05) is 0 Å². The van der Waals surface area contributed by atoms with E-state index in [1.807, 2.05) is 0 Å². The molecule has 0 atom stereocenters. The molecule has 94 valence electrons. The van der Waals surface area contributed by atoms with Crippen molar-refractivity contribution in [1.82, 2.24) is 4.98 Å². The molecule has 1 aromatic carbocycles. The molecule has 0 spiro atoms. The second-order valence-corrected chi connectivity index (χ2v) is 6.32. The maximum atomic E-state index is 6.62. The van der Waals surface area contributed by atoms with Gasteiger partial charge in [0.05, 0.1) is 10.5 Å². The van der Waals surface area contributed by atoms with E-state index in [1.54, 1.807) is 0 Å². The van der Waals surface area contributed by atoms with Crippen LogP contribution in [-0.4, -0.2) is 4.98 Å². The third-order valence-corrected chi connectivity index (χ3v) is 4.59. The van der Waals surface area contributed by atoms with Crippen molar-refractivity contribution < 1.29 is 0 Å². The van der Waals surface area contributed by atoms with Gasteiger partial charge in [-0.05, 0) is 55.9 Å². The van der Waals surface area contributed by atoms with Crippen LogP contribution in [0, 0.1) is 6.92 Å². The quantitative estimate of drug-likeness (QED) is 0.605. The highest BCUT2D eigenvalue weighted by Gasteiger charge is 2.17. The molecule has 0 N–H and O–H groups in total. The van der Waals surface area contributed by atoms with Crippen molar-refractivity contribution in [3.63, 3.8) is 0 Å². The summed E-state index contributed by atoms with van der Waals surface area (Å²) in [4.78, 5) is 4.87. The topological polar surface area (TPSA) is 12.9 Å². The number of rotatable bonds is 0. The highest BCUT2D eigenvalue weighted by atomic mass is 79.9. The summed E-state index contributed by atoms with van der Waals surface area (Å²) < 4.78 is 1.07. The summed E-state index contributed by atoms with van der Waals surface area (Å²) in [7, 11) is 0. The number of fused-ring (bicyclic) bond motifs is 2. The molecule has 3 rings (SSSR count). The van der Waals surface area contributed by atoms with Crippen LogP contribution >= 0.6 is 27.5 Å². The number of aryl methyl sites for hydroxylation is 2. The van der Waals surface area contributed by atoms with E-state index < -0.39 is 0 Å². The van der Waals surface area contributed by atoms with Crippen LogP contribution in [0.2, 0.25) is 5.02 Å². The first-order valence-corrected chi connectivity index (χ1v) is 7.61. The molecule has 0 saturated carbocycles. The van der Waals surface area contributed by atoms with Crippen LogP contribution in [0.25, 0.3) is 10.9 Å². The molecule has 2 aromatic rings. The second kappa shape index (κ2) is 4.82. The first-order valence-electron chi connectivity index (χ1n) is 6.44. The summed E-state index contributed by atoms with van der Waals surface area (Å²) in [5.41, 5.74) is 4.74. The van der Waals surface area contributed by atoms with Crippen molar-refractivity contribution in [1.29, 1.82) is 0 Å². The Labute approximate surface area is 121 Å². The first kappa shape index (κ1) is 12.4. The number of nitrogens with zero attached hydrogens (tertiary/aromatic N) is 1. The van der Waals surface area contributed by atoms with Gasteiger partial charge in [-0.15, -0.1) is 0 Å². The maximum absolute atomic E-state index is 6.62. The smallest absolute Gasteiger partial charge is 0.0750 e. The fraction of sp³-hybridized carbons (Fsp3) is 0.400. The molecule has 0 radical (unpaired) electrons. The van der Waals surface area contributed by atoms with Gasteiger partial charge in [-0.2, -0.15) is 0 Å². The van der Waals surface area contributed by atoms with E-state index in [1.165, 1.54) is 36.1 Å². The average molecular weight is 325 g/mol. The van der Waals surface area contributed by atoms with Crippen molar-refractivity contribution in [2.24, 2.45) is 0 Å². The maximum Gasteiger partial charge on any atom is 0.0750 e. The number of halogens is 2. The Morgan fingerprint density at radius 3 is 2.78 bits per heavy atom. The van der Waals surface area contributed by atoms with Gasteiger partial charge in [-0.25, -0.2) is 0 Å². The van der Waals surface area contributed by atoms with Crippen LogP contribution in [0.5, 0.6) is 0 Å². The Balaban J connectivity index is 2.34. The lowest BCUT2D eigenvalue weighted by atomic mass is 10.0. The zero-order valence-electron chi connectivity index (χ0n) is 10.4. The summed E-state index contributed by atoms with van der Waals surface area (Å²) >= 11 is 10.2. The van der Waals surface area contributed by atoms with Crippen LogP contribution in [0.1, 0.15) is 36.1 Å². The molecule has 18 heavy (non-hydrogen) atoms. The van der Waals surface area contributed by atoms with Crippen molar-refractivity contribution in [3.05, 3.63) is 38.4 Å². The molecule has 0 aliphatic heterocycles. The number of hydrogen-bond acceptors (Lipinski definition) is 1. The molecular formula is C15H15BrClN. The molecule has 1 aliphatic rings. The van der Waals surface area contributed by atoms with Crippen LogP contribution < -0.4 is 0 Å². The van der Waals surface area contributed by atoms with Crippen LogP contribution in [0.15, 0.2) is 16.6 Å². The Bertz CT molecular complexity index is 622. The van der Waals surface area contributed by atoms with E-state index >= 15 is 0 Å². The van der Waals surface area contributed by atoms with Gasteiger partial charge in [-0.3, -0.25) is 4.98 Å². The number of benzene rings is 1. The highest BCUT2D eigenvalue weighted by Crippen LogP contribution is 2.34. The number of aromatic nitrogens is 1. The Hall–Kier alpha value is -0.600. The van der Waals surface area contributed by atoms with Gasteiger partial charge in [0.1, 0.15) is 0 Å². The minimum absolute atomic E-state index is 0.918. The van der Waals surface area contributed by atoms with Crippen molar-refractivity contribution >= 4 is 38.4 Å². The van der Waals surface area contributed by atoms with Gasteiger partial charge in [0.15, 0.2) is 0 Å². The molecule has 1 heterocycles. The first-order chi connectivity index (χ1) is 8.66. The van der Waals surface area contributed by atoms with Gasteiger partial charge >= 0.3 is 0 Å². The SMILES string of the molecule is Cc1cc(Br)cc2c(Cl)c3c(nc12)CCCCC3. The Morgan fingerprint density at radius 1 is 1.17 bits per heavy atom. The Morgan fingerprint density at radius 2 is 1.94 bits per heavy atom. The van der Waals surface area contributed by atoms with Gasteiger partial charge in [0.25, 0.3) is 0 Å². The largest absolute Gasteiger partial charge is 0.252 e. The summed E-state index contributed by atoms with van der Waals surface area (Å²) in [6, 6.07) is 4.19. The molecule has 1 aliphatic carbocycles. The average Bonchev–Trinajstić information content (AvgIpc) is 2.56. The normalized spacial score (nSPS) is 15.5. The van der Waals surface area contributed by atoms with Crippen LogP contribution in [-0.2, 0) is 12.8 Å². The molecule has 1 nitrogen and oxygen atoms in total. The third kappa shape index (κ3) is 2.06. The predicted octanol–water partition coefficient (Wildman–Crippen LogP) is 5.23. The summed E-state index contributed by atoms with van der Waals surface area (Å²) in [6.07, 6.45) is 5.89. The number of pyridine rings is 1. The summed E-state index contributed by atoms with van der Waals surface area (Å²) in [5.74, 6) is 0. The fourth-order valence-corrected chi connectivity index (χ4v) is 3.69. The fourth-order valence-electron chi connectivity index (χ4n) is 2.77. The summed E-state index contributed by atoms with van der Waals surface area (Å²) in [5, 5.41) is 2.01. The predicted molar refractivity (Wildman–Crippen MR) is 80.4 cm³/mol. The highest BCUT2D eigenvalue weighted by molar-refractivity contribution is 9.10. The third-order valence-electron chi connectivity index (χ3n) is 3.70. The van der Waals surface area contributed by atoms with Crippen LogP contribution in [0.3, 0.4) is 0 Å². The molecule has 0 amide bonds. The molecular weight excluding hydrogens is 310 g/mol. The molecule has 0 fully saturated rings. The van der Waals surface area contributed by atoms with Gasteiger partial charge in [0.2, 0.25) is 0 Å². The lowest BCUT2D eigenvalue weighted by Crippen LogP contribution is -1.99. The van der Waals surface area contributed by atoms with Crippen LogP contribution in [0.4, 0.5) is 0 Å². The van der Waals surface area contributed by atoms with Crippen molar-refractivity contribution in [3.8, 4) is 0 Å². The molecule has 0 saturated heterocycles. The molecule has 1 aromatic heterocycles. The van der Waals surface area contributed by atoms with Crippen molar-refractivity contribution in [2.45, 2.75) is 39.0 Å². The van der Waals surface area contributed by atoms with Gasteiger partial charge in [-0.1, -0.05) is 34.0 Å². The number of hydrogen-bond donors (Lipinski definition) is 0. The molecule has 0 bridgehead atoms. The van der Waals surface area contributed by atoms with Gasteiger partial charge < -0.3 is 0 Å². The zero-order chi connectivity index (χ0) is 12.7. The molecule has 0 unspecified atom stereocenters. The van der Waals surface area contributed by atoms with E-state index in [-0.39, 0.29) is 0 Å². The molecule has 3 heteroatoms. The summed E-state index contributed by atoms with van der Waals surface area (Å²) in [6.45, 7) is 2.10. The monoisotopic (exact) mass is 323 g/mol. The van der Waals surface area contributed by atoms with E-state index in [9.17, 15) is 0 Å². The minimum atomic E-state index is 0.918. The van der Waals surface area contributed by atoms with Gasteiger partial charge in [0, 0.05) is 15.6 Å². The zero-order valence-corrected chi connectivity index (χ0v) is 12.7. The van der Waals surface area contributed by atoms with E-state index in [0.29, 0.717) is 0 Å². The Kier molecular flexibility index (Phi) is 3.33. The lowest BCUT2D eigenvalue weighted by molar-refractivity contribution is 0.709. The lowest BCUT2D eigenvalue weighted by Gasteiger charge is -2.12. The van der Waals surface area contributed by atoms with E-state index in [4.69, 9.17) is 16.6 Å². The second-order valence-electron chi connectivity index (χ2n) is 5.03. The van der Waals surface area contributed by atoms with E-state index in [0.717, 1.165) is 33.2 Å².